The predicted molar refractivity (Wildman–Crippen MR) is 24.4 cm³/mol. The Labute approximate surface area is 41.6 Å². The van der Waals surface area contributed by atoms with Crippen LogP contribution in [0.2, 0.25) is 0 Å². The summed E-state index contributed by atoms with van der Waals surface area (Å²) in [6.07, 6.45) is 2.93. The summed E-state index contributed by atoms with van der Waals surface area (Å²) in [5.74, 6) is 0. The first-order valence-electron chi connectivity index (χ1n) is 1.45. The molecule has 0 spiro atoms. The average molecular weight is 98.1 g/mol. The van der Waals surface area contributed by atoms with Gasteiger partial charge >= 0.3 is 0 Å². The van der Waals surface area contributed by atoms with Crippen molar-refractivity contribution in [1.29, 1.82) is 0 Å². The second-order valence-electron chi connectivity index (χ2n) is 0.708. The van der Waals surface area contributed by atoms with E-state index in [4.69, 9.17) is 0 Å². The third kappa shape index (κ3) is 1.75. The summed E-state index contributed by atoms with van der Waals surface area (Å²) >= 11 is 0. The molecule has 0 aliphatic carbocycles. The second kappa shape index (κ2) is 3.14. The summed E-state index contributed by atoms with van der Waals surface area (Å²) in [5, 5.41) is 13.1. The Balaban J connectivity index is 0.000000360. The molecule has 0 aliphatic rings. The van der Waals surface area contributed by atoms with E-state index in [0.717, 1.165) is 0 Å². The highest BCUT2D eigenvalue weighted by molar-refractivity contribution is 4.52. The Morgan fingerprint density at radius 3 is 1.43 bits per heavy atom. The first-order chi connectivity index (χ1) is 3.00. The van der Waals surface area contributed by atoms with Gasteiger partial charge in [0.2, 0.25) is 0 Å². The maximum atomic E-state index is 3.36. The molecular formula is C3H6N4. The Kier molecular flexibility index (Phi) is 2.67. The maximum Gasteiger partial charge on any atom is 0.0716 e. The third-order valence-corrected chi connectivity index (χ3v) is 0.343. The number of rotatable bonds is 0. The van der Waals surface area contributed by atoms with Crippen molar-refractivity contribution in [3.63, 3.8) is 0 Å². The van der Waals surface area contributed by atoms with Gasteiger partial charge in [-0.15, -0.1) is 10.2 Å². The zero-order valence-electron chi connectivity index (χ0n) is 2.94. The van der Waals surface area contributed by atoms with Crippen molar-refractivity contribution in [2.24, 2.45) is 0 Å². The van der Waals surface area contributed by atoms with Crippen LogP contribution in [0.3, 0.4) is 0 Å². The van der Waals surface area contributed by atoms with Crippen molar-refractivity contribution in [3.8, 4) is 0 Å². The van der Waals surface area contributed by atoms with E-state index in [1.807, 2.05) is 0 Å². The molecule has 0 amide bonds. The van der Waals surface area contributed by atoms with Gasteiger partial charge in [-0.05, 0) is 10.4 Å². The summed E-state index contributed by atoms with van der Waals surface area (Å²) in [4.78, 5) is 0. The smallest absolute Gasteiger partial charge is 0.0716 e. The number of nitrogens with zero attached hydrogens (tertiary/aromatic N) is 4. The molecule has 0 fully saturated rings. The maximum absolute atomic E-state index is 3.36. The molecule has 1 aromatic heterocycles. The molecule has 38 valence electrons. The van der Waals surface area contributed by atoms with Gasteiger partial charge in [0.15, 0.2) is 0 Å². The van der Waals surface area contributed by atoms with Crippen molar-refractivity contribution in [1.82, 2.24) is 20.6 Å². The van der Waals surface area contributed by atoms with Crippen molar-refractivity contribution < 1.29 is 0 Å². The zero-order valence-corrected chi connectivity index (χ0v) is 2.94. The molecule has 1 rings (SSSR count). The SMILES string of the molecule is C.c1cnnnn1. The van der Waals surface area contributed by atoms with Crippen LogP contribution in [-0.4, -0.2) is 20.6 Å². The van der Waals surface area contributed by atoms with Gasteiger partial charge in [0.05, 0.1) is 12.4 Å². The van der Waals surface area contributed by atoms with E-state index in [1.165, 1.54) is 12.4 Å². The second-order valence-corrected chi connectivity index (χ2v) is 0.708. The van der Waals surface area contributed by atoms with Gasteiger partial charge < -0.3 is 0 Å². The van der Waals surface area contributed by atoms with E-state index in [2.05, 4.69) is 20.6 Å². The largest absolute Gasteiger partial charge is 0.136 e. The molecule has 0 N–H and O–H groups in total. The number of hydrogen-bond acceptors (Lipinski definition) is 4. The van der Waals surface area contributed by atoms with Gasteiger partial charge in [-0.1, -0.05) is 7.43 Å². The van der Waals surface area contributed by atoms with Crippen LogP contribution < -0.4 is 0 Å². The normalized spacial score (nSPS) is 6.86. The van der Waals surface area contributed by atoms with E-state index in [-0.39, 0.29) is 7.43 Å². The molecule has 0 bridgehead atoms. The Morgan fingerprint density at radius 1 is 0.857 bits per heavy atom. The molecule has 4 heteroatoms. The van der Waals surface area contributed by atoms with Crippen LogP contribution in [0.1, 0.15) is 7.43 Å². The summed E-state index contributed by atoms with van der Waals surface area (Å²) in [6, 6.07) is 0. The summed E-state index contributed by atoms with van der Waals surface area (Å²) in [5.41, 5.74) is 0. The van der Waals surface area contributed by atoms with Crippen LogP contribution in [0.4, 0.5) is 0 Å². The lowest BCUT2D eigenvalue weighted by atomic mass is 11.0. The predicted octanol–water partition coefficient (Wildman–Crippen LogP) is -0.0973. The average Bonchev–Trinajstić information content (AvgIpc) is 1.72. The minimum Gasteiger partial charge on any atom is -0.136 e. The molecule has 0 aliphatic heterocycles. The van der Waals surface area contributed by atoms with Gasteiger partial charge in [-0.2, -0.15) is 0 Å². The van der Waals surface area contributed by atoms with Crippen LogP contribution in [0, 0.1) is 0 Å². The minimum absolute atomic E-state index is 0. The fourth-order valence-corrected chi connectivity index (χ4v) is 0.165. The zero-order chi connectivity index (χ0) is 4.24. The van der Waals surface area contributed by atoms with Crippen molar-refractivity contribution in [2.75, 3.05) is 0 Å². The molecule has 7 heavy (non-hydrogen) atoms. The molecule has 1 aromatic rings. The highest BCUT2D eigenvalue weighted by Gasteiger charge is 1.61. The lowest BCUT2D eigenvalue weighted by molar-refractivity contribution is 0.761. The van der Waals surface area contributed by atoms with Crippen LogP contribution >= 0.6 is 0 Å². The molecule has 0 saturated heterocycles. The molecule has 0 radical (unpaired) electrons. The number of aromatic nitrogens is 4. The van der Waals surface area contributed by atoms with Gasteiger partial charge in [0.1, 0.15) is 0 Å². The van der Waals surface area contributed by atoms with E-state index in [1.54, 1.807) is 0 Å². The number of hydrogen-bond donors (Lipinski definition) is 0. The van der Waals surface area contributed by atoms with Crippen molar-refractivity contribution in [2.45, 2.75) is 7.43 Å². The van der Waals surface area contributed by atoms with Crippen molar-refractivity contribution in [3.05, 3.63) is 12.4 Å². The Hall–Kier alpha value is -1.06. The third-order valence-electron chi connectivity index (χ3n) is 0.343. The van der Waals surface area contributed by atoms with Gasteiger partial charge in [0, 0.05) is 0 Å². The first kappa shape index (κ1) is 5.94. The summed E-state index contributed by atoms with van der Waals surface area (Å²) < 4.78 is 0. The quantitative estimate of drug-likeness (QED) is 0.454. The van der Waals surface area contributed by atoms with Gasteiger partial charge in [-0.25, -0.2) is 0 Å². The Morgan fingerprint density at radius 2 is 1.29 bits per heavy atom. The fraction of sp³-hybridized carbons (Fsp3) is 0.333. The van der Waals surface area contributed by atoms with E-state index in [9.17, 15) is 0 Å². The Bertz CT molecular complexity index is 78.9. The van der Waals surface area contributed by atoms with Crippen LogP contribution in [0.5, 0.6) is 0 Å². The lowest BCUT2D eigenvalue weighted by Gasteiger charge is -1.67. The molecule has 0 atom stereocenters. The van der Waals surface area contributed by atoms with E-state index in [0.29, 0.717) is 0 Å². The topological polar surface area (TPSA) is 51.6 Å². The fourth-order valence-electron chi connectivity index (χ4n) is 0.165. The molecule has 0 unspecified atom stereocenters. The van der Waals surface area contributed by atoms with Crippen LogP contribution in [0.25, 0.3) is 0 Å². The first-order valence-corrected chi connectivity index (χ1v) is 1.45. The molecular weight excluding hydrogens is 92.1 g/mol. The molecule has 0 aromatic carbocycles. The van der Waals surface area contributed by atoms with E-state index >= 15 is 0 Å². The molecule has 4 nitrogen and oxygen atoms in total. The van der Waals surface area contributed by atoms with Crippen LogP contribution in [-0.2, 0) is 0 Å². The van der Waals surface area contributed by atoms with Crippen molar-refractivity contribution >= 4 is 0 Å². The van der Waals surface area contributed by atoms with Gasteiger partial charge in [0.25, 0.3) is 0 Å². The van der Waals surface area contributed by atoms with Crippen LogP contribution in [0.15, 0.2) is 12.4 Å². The highest BCUT2D eigenvalue weighted by atomic mass is 15.4. The molecule has 0 saturated carbocycles. The lowest BCUT2D eigenvalue weighted by Crippen LogP contribution is -1.84. The highest BCUT2D eigenvalue weighted by Crippen LogP contribution is 1.53. The summed E-state index contributed by atoms with van der Waals surface area (Å²) in [7, 11) is 0. The van der Waals surface area contributed by atoms with Gasteiger partial charge in [-0.3, -0.25) is 0 Å². The summed E-state index contributed by atoms with van der Waals surface area (Å²) in [6.45, 7) is 0. The monoisotopic (exact) mass is 98.1 g/mol. The standard InChI is InChI=1S/C2H2N4.CH4/c1-2-4-6-5-3-1;/h1-2H;1H4. The minimum atomic E-state index is 0. The molecule has 1 heterocycles. The van der Waals surface area contributed by atoms with E-state index < -0.39 is 0 Å².